The van der Waals surface area contributed by atoms with Gasteiger partial charge in [-0.15, -0.1) is 0 Å². The third-order valence-corrected chi connectivity index (χ3v) is 4.88. The van der Waals surface area contributed by atoms with E-state index < -0.39 is 11.7 Å². The van der Waals surface area contributed by atoms with Crippen LogP contribution in [0.15, 0.2) is 22.7 Å². The summed E-state index contributed by atoms with van der Waals surface area (Å²) in [5.74, 6) is -0.375. The molecule has 1 aromatic carbocycles. The number of carbonyl (C=O) groups excluding carboxylic acids is 1. The van der Waals surface area contributed by atoms with Gasteiger partial charge in [-0.25, -0.2) is 0 Å². The highest BCUT2D eigenvalue weighted by Crippen LogP contribution is 2.36. The van der Waals surface area contributed by atoms with Gasteiger partial charge in [0.05, 0.1) is 17.2 Å². The van der Waals surface area contributed by atoms with E-state index in [1.165, 1.54) is 6.07 Å². The lowest BCUT2D eigenvalue weighted by Crippen LogP contribution is -2.33. The van der Waals surface area contributed by atoms with Gasteiger partial charge in [-0.05, 0) is 53.4 Å². The second kappa shape index (κ2) is 5.28. The van der Waals surface area contributed by atoms with Gasteiger partial charge in [0.15, 0.2) is 0 Å². The molecule has 3 nitrogen and oxygen atoms in total. The van der Waals surface area contributed by atoms with Crippen LogP contribution in [0.1, 0.15) is 24.8 Å². The number of hydrogen-bond acceptors (Lipinski definition) is 2. The number of halogens is 4. The standard InChI is InChI=1S/C14H14BrF3N2O/c15-10-3-1-7(14(16,17)18)5-12(10)20-13(21)9-6-8-2-4-11(9)19-8/h1,3,5,8-9,11,19H,2,4,6H2,(H,20,21). The zero-order valence-corrected chi connectivity index (χ0v) is 12.6. The Bertz CT molecular complexity index is 576. The fourth-order valence-corrected chi connectivity index (χ4v) is 3.48. The Kier molecular flexibility index (Phi) is 3.73. The molecule has 0 saturated carbocycles. The topological polar surface area (TPSA) is 41.1 Å². The molecule has 2 bridgehead atoms. The minimum Gasteiger partial charge on any atom is -0.325 e. The average molecular weight is 363 g/mol. The summed E-state index contributed by atoms with van der Waals surface area (Å²) in [5, 5.41) is 5.97. The molecule has 2 N–H and O–H groups in total. The van der Waals surface area contributed by atoms with Gasteiger partial charge in [-0.2, -0.15) is 13.2 Å². The van der Waals surface area contributed by atoms with Crippen LogP contribution < -0.4 is 10.6 Å². The number of fused-ring (bicyclic) bond motifs is 2. The van der Waals surface area contributed by atoms with Crippen LogP contribution in [0, 0.1) is 5.92 Å². The molecule has 3 atom stereocenters. The lowest BCUT2D eigenvalue weighted by atomic mass is 9.88. The Morgan fingerprint density at radius 3 is 2.67 bits per heavy atom. The maximum Gasteiger partial charge on any atom is 0.416 e. The van der Waals surface area contributed by atoms with Crippen LogP contribution in [0.4, 0.5) is 18.9 Å². The maximum absolute atomic E-state index is 12.7. The molecule has 7 heteroatoms. The lowest BCUT2D eigenvalue weighted by Gasteiger charge is -2.20. The van der Waals surface area contributed by atoms with E-state index in [2.05, 4.69) is 26.6 Å². The number of benzene rings is 1. The normalized spacial score (nSPS) is 27.9. The van der Waals surface area contributed by atoms with Gasteiger partial charge >= 0.3 is 6.18 Å². The van der Waals surface area contributed by atoms with E-state index in [0.29, 0.717) is 10.5 Å². The first-order chi connectivity index (χ1) is 9.84. The highest BCUT2D eigenvalue weighted by atomic mass is 79.9. The minimum atomic E-state index is -4.42. The summed E-state index contributed by atoms with van der Waals surface area (Å²) in [6.07, 6.45) is -1.64. The molecule has 0 aliphatic carbocycles. The number of nitrogens with one attached hydrogen (secondary N) is 2. The summed E-state index contributed by atoms with van der Waals surface area (Å²) in [4.78, 5) is 12.3. The molecule has 1 aromatic rings. The van der Waals surface area contributed by atoms with Crippen molar-refractivity contribution in [2.75, 3.05) is 5.32 Å². The second-order valence-electron chi connectivity index (χ2n) is 5.57. The van der Waals surface area contributed by atoms with Crippen LogP contribution in [-0.2, 0) is 11.0 Å². The zero-order chi connectivity index (χ0) is 15.2. The van der Waals surface area contributed by atoms with Gasteiger partial charge in [0.1, 0.15) is 0 Å². The van der Waals surface area contributed by atoms with Crippen molar-refractivity contribution in [1.82, 2.24) is 5.32 Å². The summed E-state index contributed by atoms with van der Waals surface area (Å²) in [6.45, 7) is 0. The highest BCUT2D eigenvalue weighted by molar-refractivity contribution is 9.10. The Balaban J connectivity index is 1.76. The first kappa shape index (κ1) is 14.8. The van der Waals surface area contributed by atoms with Gasteiger partial charge < -0.3 is 10.6 Å². The molecule has 0 aromatic heterocycles. The summed E-state index contributed by atoms with van der Waals surface area (Å²) < 4.78 is 38.6. The van der Waals surface area contributed by atoms with Crippen molar-refractivity contribution < 1.29 is 18.0 Å². The van der Waals surface area contributed by atoms with Gasteiger partial charge in [0.2, 0.25) is 5.91 Å². The molecule has 3 unspecified atom stereocenters. The molecule has 2 aliphatic rings. The smallest absolute Gasteiger partial charge is 0.325 e. The largest absolute Gasteiger partial charge is 0.416 e. The van der Waals surface area contributed by atoms with E-state index >= 15 is 0 Å². The van der Waals surface area contributed by atoms with Crippen molar-refractivity contribution in [3.8, 4) is 0 Å². The van der Waals surface area contributed by atoms with Crippen LogP contribution >= 0.6 is 15.9 Å². The van der Waals surface area contributed by atoms with Crippen molar-refractivity contribution in [2.24, 2.45) is 5.92 Å². The van der Waals surface area contributed by atoms with Crippen molar-refractivity contribution in [1.29, 1.82) is 0 Å². The van der Waals surface area contributed by atoms with Crippen molar-refractivity contribution >= 4 is 27.5 Å². The summed E-state index contributed by atoms with van der Waals surface area (Å²) in [7, 11) is 0. The third kappa shape index (κ3) is 2.94. The molecule has 1 amide bonds. The Hall–Kier alpha value is -1.08. The third-order valence-electron chi connectivity index (χ3n) is 4.19. The highest BCUT2D eigenvalue weighted by Gasteiger charge is 2.42. The van der Waals surface area contributed by atoms with Crippen LogP contribution in [-0.4, -0.2) is 18.0 Å². The molecule has 21 heavy (non-hydrogen) atoms. The van der Waals surface area contributed by atoms with E-state index in [0.717, 1.165) is 31.4 Å². The Morgan fingerprint density at radius 1 is 1.33 bits per heavy atom. The van der Waals surface area contributed by atoms with Crippen LogP contribution in [0.2, 0.25) is 0 Å². The van der Waals surface area contributed by atoms with E-state index in [1.807, 2.05) is 0 Å². The molecule has 2 heterocycles. The van der Waals surface area contributed by atoms with Gasteiger partial charge in [0, 0.05) is 16.6 Å². The summed E-state index contributed by atoms with van der Waals surface area (Å²) >= 11 is 3.18. The SMILES string of the molecule is O=C(Nc1cc(C(F)(F)F)ccc1Br)C1CC2CCC1N2. The first-order valence-corrected chi connectivity index (χ1v) is 7.57. The number of anilines is 1. The van der Waals surface area contributed by atoms with Crippen LogP contribution in [0.3, 0.4) is 0 Å². The number of rotatable bonds is 2. The van der Waals surface area contributed by atoms with Crippen LogP contribution in [0.5, 0.6) is 0 Å². The molecular formula is C14H14BrF3N2O. The molecular weight excluding hydrogens is 349 g/mol. The van der Waals surface area contributed by atoms with Crippen molar-refractivity contribution in [3.63, 3.8) is 0 Å². The predicted octanol–water partition coefficient (Wildman–Crippen LogP) is 3.55. The molecule has 0 radical (unpaired) electrons. The van der Waals surface area contributed by atoms with Gasteiger partial charge in [-0.3, -0.25) is 4.79 Å². The maximum atomic E-state index is 12.7. The van der Waals surface area contributed by atoms with Crippen molar-refractivity contribution in [2.45, 2.75) is 37.5 Å². The monoisotopic (exact) mass is 362 g/mol. The second-order valence-corrected chi connectivity index (χ2v) is 6.43. The van der Waals surface area contributed by atoms with E-state index in [1.54, 1.807) is 0 Å². The van der Waals surface area contributed by atoms with E-state index in [-0.39, 0.29) is 23.6 Å². The molecule has 2 saturated heterocycles. The molecule has 0 spiro atoms. The Labute approximate surface area is 128 Å². The number of hydrogen-bond donors (Lipinski definition) is 2. The molecule has 114 valence electrons. The first-order valence-electron chi connectivity index (χ1n) is 6.78. The number of alkyl halides is 3. The quantitative estimate of drug-likeness (QED) is 0.844. The predicted molar refractivity (Wildman–Crippen MR) is 75.8 cm³/mol. The van der Waals surface area contributed by atoms with Crippen molar-refractivity contribution in [3.05, 3.63) is 28.2 Å². The van der Waals surface area contributed by atoms with Gasteiger partial charge in [0.25, 0.3) is 0 Å². The Morgan fingerprint density at radius 2 is 2.10 bits per heavy atom. The minimum absolute atomic E-state index is 0.152. The lowest BCUT2D eigenvalue weighted by molar-refractivity contribution is -0.137. The van der Waals surface area contributed by atoms with E-state index in [4.69, 9.17) is 0 Å². The average Bonchev–Trinajstić information content (AvgIpc) is 3.02. The summed E-state index contributed by atoms with van der Waals surface area (Å²) in [6, 6.07) is 3.77. The fraction of sp³-hybridized carbons (Fsp3) is 0.500. The fourth-order valence-electron chi connectivity index (χ4n) is 3.14. The van der Waals surface area contributed by atoms with Crippen LogP contribution in [0.25, 0.3) is 0 Å². The van der Waals surface area contributed by atoms with E-state index in [9.17, 15) is 18.0 Å². The number of carbonyl (C=O) groups is 1. The zero-order valence-electron chi connectivity index (χ0n) is 11.0. The summed E-state index contributed by atoms with van der Waals surface area (Å²) in [5.41, 5.74) is -0.607. The van der Waals surface area contributed by atoms with Gasteiger partial charge in [-0.1, -0.05) is 0 Å². The molecule has 3 rings (SSSR count). The number of amides is 1. The molecule has 2 aliphatic heterocycles. The molecule has 2 fully saturated rings.